The van der Waals surface area contributed by atoms with Crippen molar-refractivity contribution in [2.75, 3.05) is 6.61 Å². The molecule has 2 rings (SSSR count). The minimum atomic E-state index is -3.02. The molecule has 0 aliphatic carbocycles. The largest absolute Gasteiger partial charge is 0.465 e. The Morgan fingerprint density at radius 3 is 2.64 bits per heavy atom. The van der Waals surface area contributed by atoms with Gasteiger partial charge in [-0.15, -0.1) is 11.6 Å². The number of hydrogen-bond acceptors (Lipinski definition) is 4. The molecule has 10 heteroatoms. The molecular formula is C15H15Cl2F2N3O3. The second-order valence-electron chi connectivity index (χ2n) is 5.09. The molecular weight excluding hydrogens is 379 g/mol. The van der Waals surface area contributed by atoms with Crippen molar-refractivity contribution in [3.8, 4) is 5.69 Å². The van der Waals surface area contributed by atoms with E-state index >= 15 is 0 Å². The molecule has 6 nitrogen and oxygen atoms in total. The first-order valence-electron chi connectivity index (χ1n) is 7.32. The molecule has 0 N–H and O–H groups in total. The number of rotatable bonds is 6. The summed E-state index contributed by atoms with van der Waals surface area (Å²) in [5.41, 5.74) is -0.383. The van der Waals surface area contributed by atoms with E-state index in [-0.39, 0.29) is 29.1 Å². The highest BCUT2D eigenvalue weighted by atomic mass is 35.5. The summed E-state index contributed by atoms with van der Waals surface area (Å²) in [6, 6.07) is 4.43. The van der Waals surface area contributed by atoms with Crippen LogP contribution < -0.4 is 5.69 Å². The van der Waals surface area contributed by atoms with Crippen molar-refractivity contribution >= 4 is 29.2 Å². The second-order valence-corrected chi connectivity index (χ2v) is 6.05. The number of aryl methyl sites for hydroxylation is 1. The maximum Gasteiger partial charge on any atom is 0.355 e. The Labute approximate surface area is 151 Å². The maximum atomic E-state index is 13.0. The fourth-order valence-corrected chi connectivity index (χ4v) is 2.71. The lowest BCUT2D eigenvalue weighted by Crippen LogP contribution is -2.26. The number of esters is 1. The van der Waals surface area contributed by atoms with Crippen LogP contribution >= 0.6 is 23.2 Å². The SMILES string of the molecule is CCOC(=O)C(Cl)Cc1cc(Cl)ccc1-n1nc(C)n(C(F)F)c1=O. The first kappa shape index (κ1) is 19.4. The van der Waals surface area contributed by atoms with Gasteiger partial charge in [-0.2, -0.15) is 18.6 Å². The number of alkyl halides is 3. The molecule has 0 fully saturated rings. The van der Waals surface area contributed by atoms with Crippen LogP contribution in [-0.2, 0) is 16.0 Å². The summed E-state index contributed by atoms with van der Waals surface area (Å²) >= 11 is 12.0. The third kappa shape index (κ3) is 4.19. The van der Waals surface area contributed by atoms with Crippen LogP contribution in [0.2, 0.25) is 5.02 Å². The average Bonchev–Trinajstić information content (AvgIpc) is 2.82. The zero-order valence-electron chi connectivity index (χ0n) is 13.4. The molecule has 0 saturated carbocycles. The Hall–Kier alpha value is -1.93. The third-order valence-electron chi connectivity index (χ3n) is 3.39. The minimum Gasteiger partial charge on any atom is -0.465 e. The number of benzene rings is 1. The molecule has 2 aromatic rings. The van der Waals surface area contributed by atoms with Gasteiger partial charge in [0.1, 0.15) is 11.2 Å². The quantitative estimate of drug-likeness (QED) is 0.558. The van der Waals surface area contributed by atoms with Crippen molar-refractivity contribution in [3.05, 3.63) is 45.1 Å². The number of hydrogen-bond donors (Lipinski definition) is 0. The molecule has 1 aromatic carbocycles. The second kappa shape index (κ2) is 7.97. The van der Waals surface area contributed by atoms with Gasteiger partial charge in [-0.05, 0) is 37.6 Å². The summed E-state index contributed by atoms with van der Waals surface area (Å²) in [6.07, 6.45) is -0.0106. The van der Waals surface area contributed by atoms with Gasteiger partial charge in [-0.1, -0.05) is 11.6 Å². The summed E-state index contributed by atoms with van der Waals surface area (Å²) in [7, 11) is 0. The molecule has 0 saturated heterocycles. The van der Waals surface area contributed by atoms with Gasteiger partial charge in [0.25, 0.3) is 0 Å². The lowest BCUT2D eigenvalue weighted by atomic mass is 10.1. The number of carbonyl (C=O) groups excluding carboxylic acids is 1. The molecule has 0 bridgehead atoms. The van der Waals surface area contributed by atoms with E-state index in [9.17, 15) is 18.4 Å². The monoisotopic (exact) mass is 393 g/mol. The molecule has 0 spiro atoms. The van der Waals surface area contributed by atoms with Crippen LogP contribution in [0.3, 0.4) is 0 Å². The van der Waals surface area contributed by atoms with Gasteiger partial charge in [0.15, 0.2) is 0 Å². The summed E-state index contributed by atoms with van der Waals surface area (Å²) in [5, 5.41) is 3.18. The fourth-order valence-electron chi connectivity index (χ4n) is 2.29. The van der Waals surface area contributed by atoms with Gasteiger partial charge in [-0.3, -0.25) is 4.79 Å². The van der Waals surface area contributed by atoms with Crippen LogP contribution in [0.5, 0.6) is 0 Å². The first-order valence-corrected chi connectivity index (χ1v) is 8.13. The topological polar surface area (TPSA) is 66.1 Å². The molecule has 0 radical (unpaired) electrons. The Morgan fingerprint density at radius 1 is 1.40 bits per heavy atom. The lowest BCUT2D eigenvalue weighted by molar-refractivity contribution is -0.142. The van der Waals surface area contributed by atoms with Gasteiger partial charge < -0.3 is 4.74 Å². The molecule has 1 unspecified atom stereocenters. The summed E-state index contributed by atoms with van der Waals surface area (Å²) in [6.45, 7) is 0.0909. The van der Waals surface area contributed by atoms with Gasteiger partial charge in [0.2, 0.25) is 0 Å². The van der Waals surface area contributed by atoms with Crippen molar-refractivity contribution in [3.63, 3.8) is 0 Å². The van der Waals surface area contributed by atoms with Crippen molar-refractivity contribution in [1.29, 1.82) is 0 Å². The zero-order valence-corrected chi connectivity index (χ0v) is 14.9. The summed E-state index contributed by atoms with van der Waals surface area (Å²) in [5.74, 6) is -0.773. The van der Waals surface area contributed by atoms with E-state index in [2.05, 4.69) is 5.10 Å². The molecule has 1 heterocycles. The maximum absolute atomic E-state index is 13.0. The number of carbonyl (C=O) groups is 1. The van der Waals surface area contributed by atoms with E-state index in [0.29, 0.717) is 10.6 Å². The Kier molecular flexibility index (Phi) is 6.18. The molecule has 0 aliphatic rings. The Morgan fingerprint density at radius 2 is 2.08 bits per heavy atom. The number of halogens is 4. The van der Waals surface area contributed by atoms with Crippen LogP contribution in [0.15, 0.2) is 23.0 Å². The molecule has 136 valence electrons. The van der Waals surface area contributed by atoms with E-state index in [1.54, 1.807) is 6.92 Å². The molecule has 0 amide bonds. The normalized spacial score (nSPS) is 12.4. The Bertz CT molecular complexity index is 836. The highest BCUT2D eigenvalue weighted by Gasteiger charge is 2.23. The highest BCUT2D eigenvalue weighted by Crippen LogP contribution is 2.22. The van der Waals surface area contributed by atoms with E-state index in [1.165, 1.54) is 25.1 Å². The van der Waals surface area contributed by atoms with Crippen molar-refractivity contribution in [2.45, 2.75) is 32.2 Å². The molecule has 25 heavy (non-hydrogen) atoms. The van der Waals surface area contributed by atoms with Gasteiger partial charge in [0, 0.05) is 11.4 Å². The minimum absolute atomic E-state index is 0.0106. The highest BCUT2D eigenvalue weighted by molar-refractivity contribution is 6.31. The predicted molar refractivity (Wildman–Crippen MR) is 88.8 cm³/mol. The molecule has 0 aliphatic heterocycles. The number of aromatic nitrogens is 3. The van der Waals surface area contributed by atoms with Crippen LogP contribution in [-0.4, -0.2) is 32.3 Å². The first-order chi connectivity index (χ1) is 11.8. The predicted octanol–water partition coefficient (Wildman–Crippen LogP) is 3.10. The van der Waals surface area contributed by atoms with Gasteiger partial charge >= 0.3 is 18.2 Å². The lowest BCUT2D eigenvalue weighted by Gasteiger charge is -2.12. The van der Waals surface area contributed by atoms with E-state index in [1.807, 2.05) is 0 Å². The van der Waals surface area contributed by atoms with Crippen molar-refractivity contribution < 1.29 is 18.3 Å². The zero-order chi connectivity index (χ0) is 18.7. The van der Waals surface area contributed by atoms with Crippen molar-refractivity contribution in [1.82, 2.24) is 14.3 Å². The average molecular weight is 394 g/mol. The van der Waals surface area contributed by atoms with Gasteiger partial charge in [-0.25, -0.2) is 9.36 Å². The van der Waals surface area contributed by atoms with Crippen LogP contribution in [0, 0.1) is 6.92 Å². The summed E-state index contributed by atoms with van der Waals surface area (Å²) < 4.78 is 31.9. The number of ether oxygens (including phenoxy) is 1. The number of nitrogens with zero attached hydrogens (tertiary/aromatic N) is 3. The van der Waals surface area contributed by atoms with E-state index in [4.69, 9.17) is 27.9 Å². The van der Waals surface area contributed by atoms with Crippen molar-refractivity contribution in [2.24, 2.45) is 0 Å². The standard InChI is InChI=1S/C15H15Cl2F2N3O3/c1-3-25-13(23)11(17)7-9-6-10(16)4-5-12(9)22-15(24)21(14(18)19)8(2)20-22/h4-6,11,14H,3,7H2,1-2H3. The smallest absolute Gasteiger partial charge is 0.355 e. The molecule has 1 aromatic heterocycles. The van der Waals surface area contributed by atoms with Crippen LogP contribution in [0.1, 0.15) is 24.9 Å². The van der Waals surface area contributed by atoms with Gasteiger partial charge in [0.05, 0.1) is 12.3 Å². The van der Waals surface area contributed by atoms with E-state index in [0.717, 1.165) is 4.68 Å². The van der Waals surface area contributed by atoms with Crippen LogP contribution in [0.25, 0.3) is 5.69 Å². The molecule has 1 atom stereocenters. The summed E-state index contributed by atoms with van der Waals surface area (Å²) in [4.78, 5) is 23.9. The van der Waals surface area contributed by atoms with E-state index < -0.39 is 23.6 Å². The Balaban J connectivity index is 2.48. The fraction of sp³-hybridized carbons (Fsp3) is 0.400. The third-order valence-corrected chi connectivity index (χ3v) is 3.95. The van der Waals surface area contributed by atoms with Crippen LogP contribution in [0.4, 0.5) is 8.78 Å².